The van der Waals surface area contributed by atoms with E-state index < -0.39 is 0 Å². The van der Waals surface area contributed by atoms with Gasteiger partial charge in [0.25, 0.3) is 0 Å². The molecule has 2 heterocycles. The van der Waals surface area contributed by atoms with Crippen molar-refractivity contribution < 1.29 is 14.4 Å². The highest BCUT2D eigenvalue weighted by atomic mass is 16.7. The van der Waals surface area contributed by atoms with Gasteiger partial charge in [0, 0.05) is 25.4 Å². The zero-order valence-corrected chi connectivity index (χ0v) is 12.4. The number of carbonyl (C=O) groups excluding carboxylic acids is 1. The Morgan fingerprint density at radius 1 is 1.45 bits per heavy atom. The topological polar surface area (TPSA) is 65.4 Å². The molecule has 0 saturated carbocycles. The third-order valence-corrected chi connectivity index (χ3v) is 3.74. The van der Waals surface area contributed by atoms with Crippen LogP contribution < -0.4 is 5.48 Å². The van der Waals surface area contributed by atoms with Crippen molar-refractivity contribution in [1.29, 1.82) is 0 Å². The summed E-state index contributed by atoms with van der Waals surface area (Å²) in [5.74, 6) is -0.401. The molecule has 1 aliphatic heterocycles. The van der Waals surface area contributed by atoms with Gasteiger partial charge >= 0.3 is 0 Å². The average molecular weight is 301 g/mol. The molecule has 1 aromatic heterocycles. The maximum absolute atomic E-state index is 12.3. The highest BCUT2D eigenvalue weighted by Gasteiger charge is 2.36. The van der Waals surface area contributed by atoms with Crippen molar-refractivity contribution in [2.24, 2.45) is 13.0 Å². The summed E-state index contributed by atoms with van der Waals surface area (Å²) in [5.41, 5.74) is 4.46. The number of benzene rings is 1. The number of aryl methyl sites for hydroxylation is 1. The molecule has 3 rings (SSSR count). The summed E-state index contributed by atoms with van der Waals surface area (Å²) in [6, 6.07) is 9.70. The molecular weight excluding hydrogens is 282 g/mol. The van der Waals surface area contributed by atoms with Crippen LogP contribution in [-0.4, -0.2) is 22.3 Å². The lowest BCUT2D eigenvalue weighted by molar-refractivity contribution is -0.140. The van der Waals surface area contributed by atoms with Crippen LogP contribution in [0.1, 0.15) is 23.7 Å². The fourth-order valence-electron chi connectivity index (χ4n) is 2.61. The Morgan fingerprint density at radius 2 is 2.27 bits per heavy atom. The second-order valence-electron chi connectivity index (χ2n) is 5.37. The standard InChI is InChI=1S/C16H19N3O3/c1-19-10-13(9-17-19)15-14(7-8-21-15)16(20)18-22-11-12-5-3-2-4-6-12/h2-6,9-10,14-15H,7-8,11H2,1H3,(H,18,20)/t14-,15+/m1/s1. The minimum atomic E-state index is -0.256. The molecule has 0 spiro atoms. The Bertz CT molecular complexity index is 627. The van der Waals surface area contributed by atoms with Gasteiger partial charge in [0.15, 0.2) is 0 Å². The second kappa shape index (κ2) is 6.72. The lowest BCUT2D eigenvalue weighted by Gasteiger charge is -2.16. The molecule has 0 aliphatic carbocycles. The monoisotopic (exact) mass is 301 g/mol. The molecule has 0 bridgehead atoms. The molecule has 1 fully saturated rings. The molecule has 2 aromatic rings. The van der Waals surface area contributed by atoms with Crippen LogP contribution in [0.2, 0.25) is 0 Å². The molecule has 6 heteroatoms. The van der Waals surface area contributed by atoms with E-state index >= 15 is 0 Å². The minimum absolute atomic E-state index is 0.151. The van der Waals surface area contributed by atoms with Crippen LogP contribution in [0.5, 0.6) is 0 Å². The third-order valence-electron chi connectivity index (χ3n) is 3.74. The number of amides is 1. The van der Waals surface area contributed by atoms with Gasteiger partial charge in [-0.15, -0.1) is 0 Å². The fraction of sp³-hybridized carbons (Fsp3) is 0.375. The third kappa shape index (κ3) is 3.35. The van der Waals surface area contributed by atoms with Gasteiger partial charge in [-0.05, 0) is 12.0 Å². The Kier molecular flexibility index (Phi) is 4.50. The largest absolute Gasteiger partial charge is 0.373 e. The van der Waals surface area contributed by atoms with Crippen LogP contribution in [0.15, 0.2) is 42.7 Å². The first-order valence-electron chi connectivity index (χ1n) is 7.30. The molecule has 1 saturated heterocycles. The number of hydrogen-bond acceptors (Lipinski definition) is 4. The predicted octanol–water partition coefficient (Wildman–Crippen LogP) is 1.75. The van der Waals surface area contributed by atoms with Crippen molar-refractivity contribution in [1.82, 2.24) is 15.3 Å². The van der Waals surface area contributed by atoms with Crippen LogP contribution in [-0.2, 0) is 28.0 Å². The van der Waals surface area contributed by atoms with Gasteiger partial charge in [0.05, 0.1) is 24.8 Å². The lowest BCUT2D eigenvalue weighted by atomic mass is 9.97. The highest BCUT2D eigenvalue weighted by Crippen LogP contribution is 2.34. The summed E-state index contributed by atoms with van der Waals surface area (Å²) >= 11 is 0. The zero-order chi connectivity index (χ0) is 15.4. The van der Waals surface area contributed by atoms with E-state index in [1.54, 1.807) is 10.9 Å². The number of hydrogen-bond donors (Lipinski definition) is 1. The molecular formula is C16H19N3O3. The summed E-state index contributed by atoms with van der Waals surface area (Å²) in [6.07, 6.45) is 4.04. The van der Waals surface area contributed by atoms with E-state index in [2.05, 4.69) is 10.6 Å². The number of hydroxylamine groups is 1. The van der Waals surface area contributed by atoms with Crippen LogP contribution in [0.3, 0.4) is 0 Å². The van der Waals surface area contributed by atoms with Gasteiger partial charge in [-0.1, -0.05) is 30.3 Å². The number of nitrogens with one attached hydrogen (secondary N) is 1. The maximum atomic E-state index is 12.3. The smallest absolute Gasteiger partial charge is 0.249 e. The van der Waals surface area contributed by atoms with E-state index in [1.165, 1.54) is 0 Å². The van der Waals surface area contributed by atoms with Crippen molar-refractivity contribution >= 4 is 5.91 Å². The van der Waals surface area contributed by atoms with Crippen LogP contribution in [0.4, 0.5) is 0 Å². The van der Waals surface area contributed by atoms with Gasteiger partial charge in [-0.25, -0.2) is 5.48 Å². The molecule has 116 valence electrons. The van der Waals surface area contributed by atoms with Crippen molar-refractivity contribution in [2.45, 2.75) is 19.1 Å². The lowest BCUT2D eigenvalue weighted by Crippen LogP contribution is -2.32. The van der Waals surface area contributed by atoms with Gasteiger partial charge in [0.2, 0.25) is 5.91 Å². The Morgan fingerprint density at radius 3 is 3.00 bits per heavy atom. The van der Waals surface area contributed by atoms with Gasteiger partial charge in [-0.3, -0.25) is 14.3 Å². The van der Waals surface area contributed by atoms with E-state index in [-0.39, 0.29) is 17.9 Å². The molecule has 6 nitrogen and oxygen atoms in total. The van der Waals surface area contributed by atoms with Crippen molar-refractivity contribution in [2.75, 3.05) is 6.61 Å². The molecule has 1 N–H and O–H groups in total. The summed E-state index contributed by atoms with van der Waals surface area (Å²) in [6.45, 7) is 0.911. The number of ether oxygens (including phenoxy) is 1. The van der Waals surface area contributed by atoms with E-state index in [1.807, 2.05) is 43.6 Å². The number of rotatable bonds is 5. The van der Waals surface area contributed by atoms with Gasteiger partial charge in [-0.2, -0.15) is 5.10 Å². The quantitative estimate of drug-likeness (QED) is 0.854. The first-order chi connectivity index (χ1) is 10.7. The number of aromatic nitrogens is 2. The SMILES string of the molecule is Cn1cc([C@@H]2OCC[C@H]2C(=O)NOCc2ccccc2)cn1. The molecule has 1 aromatic carbocycles. The normalized spacial score (nSPS) is 21.0. The first kappa shape index (κ1) is 14.7. The summed E-state index contributed by atoms with van der Waals surface area (Å²) in [4.78, 5) is 17.6. The Hall–Kier alpha value is -2.18. The number of nitrogens with zero attached hydrogens (tertiary/aromatic N) is 2. The van der Waals surface area contributed by atoms with E-state index in [9.17, 15) is 4.79 Å². The predicted molar refractivity (Wildman–Crippen MR) is 79.4 cm³/mol. The van der Waals surface area contributed by atoms with Crippen molar-refractivity contribution in [3.8, 4) is 0 Å². The van der Waals surface area contributed by atoms with Crippen LogP contribution in [0, 0.1) is 5.92 Å². The molecule has 2 atom stereocenters. The average Bonchev–Trinajstić information content (AvgIpc) is 3.16. The van der Waals surface area contributed by atoms with E-state index in [4.69, 9.17) is 9.57 Å². The van der Waals surface area contributed by atoms with Crippen LogP contribution >= 0.6 is 0 Å². The van der Waals surface area contributed by atoms with Crippen molar-refractivity contribution in [3.05, 3.63) is 53.9 Å². The fourth-order valence-corrected chi connectivity index (χ4v) is 2.61. The maximum Gasteiger partial charge on any atom is 0.249 e. The number of carbonyl (C=O) groups is 1. The molecule has 22 heavy (non-hydrogen) atoms. The first-order valence-corrected chi connectivity index (χ1v) is 7.30. The zero-order valence-electron chi connectivity index (χ0n) is 12.4. The Balaban J connectivity index is 1.55. The van der Waals surface area contributed by atoms with Gasteiger partial charge < -0.3 is 4.74 Å². The van der Waals surface area contributed by atoms with E-state index in [0.29, 0.717) is 19.6 Å². The summed E-state index contributed by atoms with van der Waals surface area (Å²) in [7, 11) is 1.84. The molecule has 1 amide bonds. The minimum Gasteiger partial charge on any atom is -0.373 e. The van der Waals surface area contributed by atoms with Crippen molar-refractivity contribution in [3.63, 3.8) is 0 Å². The molecule has 0 radical (unpaired) electrons. The molecule has 1 aliphatic rings. The summed E-state index contributed by atoms with van der Waals surface area (Å²) < 4.78 is 7.39. The Labute approximate surface area is 129 Å². The molecule has 0 unspecified atom stereocenters. The summed E-state index contributed by atoms with van der Waals surface area (Å²) in [5, 5.41) is 4.13. The highest BCUT2D eigenvalue weighted by molar-refractivity contribution is 5.78. The van der Waals surface area contributed by atoms with Gasteiger partial charge in [0.1, 0.15) is 0 Å². The van der Waals surface area contributed by atoms with E-state index in [0.717, 1.165) is 11.1 Å². The van der Waals surface area contributed by atoms with Crippen LogP contribution in [0.25, 0.3) is 0 Å². The second-order valence-corrected chi connectivity index (χ2v) is 5.37.